The van der Waals surface area contributed by atoms with Gasteiger partial charge in [-0.05, 0) is 38.5 Å². The summed E-state index contributed by atoms with van der Waals surface area (Å²) in [4.78, 5) is 50.8. The Labute approximate surface area is 162 Å². The number of nitrogens with one attached hydrogen (secondary N) is 2. The molecule has 4 amide bonds. The second kappa shape index (κ2) is 6.92. The van der Waals surface area contributed by atoms with Gasteiger partial charge >= 0.3 is 12.0 Å². The molecule has 0 unspecified atom stereocenters. The topological polar surface area (TPSA) is 105 Å². The van der Waals surface area contributed by atoms with E-state index in [1.54, 1.807) is 37.3 Å². The first-order chi connectivity index (χ1) is 13.4. The van der Waals surface area contributed by atoms with E-state index in [0.29, 0.717) is 5.56 Å². The van der Waals surface area contributed by atoms with Gasteiger partial charge in [0.05, 0.1) is 0 Å². The molecule has 2 atom stereocenters. The zero-order chi connectivity index (χ0) is 19.9. The summed E-state index contributed by atoms with van der Waals surface area (Å²) in [6.45, 7) is 1.17. The lowest BCUT2D eigenvalue weighted by molar-refractivity contribution is -0.158. The van der Waals surface area contributed by atoms with Crippen LogP contribution in [0.4, 0.5) is 4.79 Å². The SMILES string of the molecule is C[C@@]1(C2CC2)NC(=O)N(CC(=O)O[C@H](C(=O)NC2CC2)c2ccccc2)C1=O. The van der Waals surface area contributed by atoms with E-state index in [9.17, 15) is 19.2 Å². The average molecular weight is 385 g/mol. The predicted octanol–water partition coefficient (Wildman–Crippen LogP) is 1.27. The molecular weight excluding hydrogens is 362 g/mol. The van der Waals surface area contributed by atoms with E-state index in [1.807, 2.05) is 0 Å². The molecule has 0 bridgehead atoms. The number of benzene rings is 1. The normalized spacial score (nSPS) is 25.2. The van der Waals surface area contributed by atoms with Crippen molar-refractivity contribution in [2.45, 2.75) is 50.3 Å². The molecule has 3 fully saturated rings. The van der Waals surface area contributed by atoms with Crippen LogP contribution >= 0.6 is 0 Å². The summed E-state index contributed by atoms with van der Waals surface area (Å²) in [6, 6.07) is 8.20. The highest BCUT2D eigenvalue weighted by Gasteiger charge is 2.56. The molecule has 0 aromatic heterocycles. The van der Waals surface area contributed by atoms with Crippen molar-refractivity contribution in [2.75, 3.05) is 6.54 Å². The van der Waals surface area contributed by atoms with Crippen LogP contribution in [0.2, 0.25) is 0 Å². The molecule has 148 valence electrons. The van der Waals surface area contributed by atoms with Gasteiger partial charge in [-0.2, -0.15) is 0 Å². The third-order valence-corrected chi connectivity index (χ3v) is 5.50. The van der Waals surface area contributed by atoms with Crippen LogP contribution in [0.3, 0.4) is 0 Å². The van der Waals surface area contributed by atoms with Crippen molar-refractivity contribution in [3.05, 3.63) is 35.9 Å². The molecule has 28 heavy (non-hydrogen) atoms. The Morgan fingerprint density at radius 3 is 2.50 bits per heavy atom. The maximum Gasteiger partial charge on any atom is 0.327 e. The molecule has 8 heteroatoms. The maximum absolute atomic E-state index is 12.7. The van der Waals surface area contributed by atoms with E-state index in [0.717, 1.165) is 30.6 Å². The quantitative estimate of drug-likeness (QED) is 0.543. The highest BCUT2D eigenvalue weighted by atomic mass is 16.5. The van der Waals surface area contributed by atoms with E-state index in [1.165, 1.54) is 0 Å². The Hall–Kier alpha value is -2.90. The van der Waals surface area contributed by atoms with Gasteiger partial charge in [0.2, 0.25) is 6.10 Å². The lowest BCUT2D eigenvalue weighted by Gasteiger charge is -2.21. The maximum atomic E-state index is 12.7. The Bertz CT molecular complexity index is 818. The zero-order valence-corrected chi connectivity index (χ0v) is 15.6. The van der Waals surface area contributed by atoms with Gasteiger partial charge in [-0.1, -0.05) is 30.3 Å². The summed E-state index contributed by atoms with van der Waals surface area (Å²) in [5, 5.41) is 5.52. The van der Waals surface area contributed by atoms with Gasteiger partial charge in [-0.25, -0.2) is 4.79 Å². The zero-order valence-electron chi connectivity index (χ0n) is 15.6. The summed E-state index contributed by atoms with van der Waals surface area (Å²) >= 11 is 0. The van der Waals surface area contributed by atoms with Crippen LogP contribution in [0.25, 0.3) is 0 Å². The number of imide groups is 1. The third-order valence-electron chi connectivity index (χ3n) is 5.50. The second-order valence-corrected chi connectivity index (χ2v) is 7.86. The van der Waals surface area contributed by atoms with Crippen LogP contribution in [0.15, 0.2) is 30.3 Å². The van der Waals surface area contributed by atoms with E-state index in [-0.39, 0.29) is 12.0 Å². The monoisotopic (exact) mass is 385 g/mol. The van der Waals surface area contributed by atoms with Crippen molar-refractivity contribution in [1.82, 2.24) is 15.5 Å². The number of carbonyl (C=O) groups excluding carboxylic acids is 4. The summed E-state index contributed by atoms with van der Waals surface area (Å²) in [6.07, 6.45) is 2.44. The number of amides is 4. The number of ether oxygens (including phenoxy) is 1. The first-order valence-corrected chi connectivity index (χ1v) is 9.57. The highest BCUT2D eigenvalue weighted by molar-refractivity contribution is 6.09. The Kier molecular flexibility index (Phi) is 4.56. The van der Waals surface area contributed by atoms with Crippen LogP contribution < -0.4 is 10.6 Å². The molecule has 4 rings (SSSR count). The van der Waals surface area contributed by atoms with Gasteiger partial charge in [0.25, 0.3) is 11.8 Å². The van der Waals surface area contributed by atoms with Crippen molar-refractivity contribution in [3.8, 4) is 0 Å². The number of hydrogen-bond donors (Lipinski definition) is 2. The minimum atomic E-state index is -1.12. The fraction of sp³-hybridized carbons (Fsp3) is 0.500. The molecule has 1 heterocycles. The van der Waals surface area contributed by atoms with Gasteiger partial charge in [-0.15, -0.1) is 0 Å². The number of nitrogens with zero attached hydrogens (tertiary/aromatic N) is 1. The average Bonchev–Trinajstić information content (AvgIpc) is 3.57. The minimum Gasteiger partial charge on any atom is -0.446 e. The fourth-order valence-corrected chi connectivity index (χ4v) is 3.50. The highest BCUT2D eigenvalue weighted by Crippen LogP contribution is 2.42. The number of rotatable bonds is 7. The number of carbonyl (C=O) groups is 4. The largest absolute Gasteiger partial charge is 0.446 e. The van der Waals surface area contributed by atoms with Crippen LogP contribution in [0.1, 0.15) is 44.3 Å². The molecule has 2 saturated carbocycles. The Balaban J connectivity index is 1.44. The van der Waals surface area contributed by atoms with Crippen LogP contribution in [0.5, 0.6) is 0 Å². The van der Waals surface area contributed by atoms with Gasteiger partial charge < -0.3 is 15.4 Å². The standard InChI is InChI=1S/C20H23N3O5/c1-20(13-7-8-13)18(26)23(19(27)22-20)11-15(24)28-16(12-5-3-2-4-6-12)17(25)21-14-9-10-14/h2-6,13-14,16H,7-11H2,1H3,(H,21,25)(H,22,27)/t16-,20-/m0/s1. The molecule has 8 nitrogen and oxygen atoms in total. The summed E-state index contributed by atoms with van der Waals surface area (Å²) in [5.41, 5.74) is -0.423. The molecule has 0 spiro atoms. The minimum absolute atomic E-state index is 0.103. The lowest BCUT2D eigenvalue weighted by atomic mass is 9.96. The van der Waals surface area contributed by atoms with Crippen molar-refractivity contribution >= 4 is 23.8 Å². The molecule has 2 aliphatic carbocycles. The smallest absolute Gasteiger partial charge is 0.327 e. The van der Waals surface area contributed by atoms with Crippen LogP contribution in [-0.4, -0.2) is 46.8 Å². The Morgan fingerprint density at radius 1 is 1.21 bits per heavy atom. The van der Waals surface area contributed by atoms with Gasteiger partial charge in [-0.3, -0.25) is 19.3 Å². The molecule has 1 aromatic rings. The summed E-state index contributed by atoms with van der Waals surface area (Å²) in [5.74, 6) is -1.52. The summed E-state index contributed by atoms with van der Waals surface area (Å²) < 4.78 is 5.41. The van der Waals surface area contributed by atoms with Crippen LogP contribution in [0, 0.1) is 5.92 Å². The molecule has 3 aliphatic rings. The van der Waals surface area contributed by atoms with E-state index in [2.05, 4.69) is 10.6 Å². The third kappa shape index (κ3) is 3.58. The molecule has 1 saturated heterocycles. The molecule has 1 aliphatic heterocycles. The number of urea groups is 1. The van der Waals surface area contributed by atoms with Crippen LogP contribution in [-0.2, 0) is 19.1 Å². The Morgan fingerprint density at radius 2 is 1.89 bits per heavy atom. The summed E-state index contributed by atoms with van der Waals surface area (Å²) in [7, 11) is 0. The fourth-order valence-electron chi connectivity index (χ4n) is 3.50. The predicted molar refractivity (Wildman–Crippen MR) is 97.8 cm³/mol. The van der Waals surface area contributed by atoms with Gasteiger partial charge in [0.15, 0.2) is 0 Å². The molecule has 0 radical (unpaired) electrons. The van der Waals surface area contributed by atoms with Crippen molar-refractivity contribution < 1.29 is 23.9 Å². The van der Waals surface area contributed by atoms with Crippen molar-refractivity contribution in [2.24, 2.45) is 5.92 Å². The van der Waals surface area contributed by atoms with Gasteiger partial charge in [0.1, 0.15) is 12.1 Å². The first kappa shape index (κ1) is 18.5. The number of esters is 1. The molecule has 1 aromatic carbocycles. The molecule has 2 N–H and O–H groups in total. The van der Waals surface area contributed by atoms with E-state index < -0.39 is 42.0 Å². The van der Waals surface area contributed by atoms with Crippen molar-refractivity contribution in [1.29, 1.82) is 0 Å². The number of hydrogen-bond acceptors (Lipinski definition) is 5. The van der Waals surface area contributed by atoms with E-state index in [4.69, 9.17) is 4.74 Å². The van der Waals surface area contributed by atoms with Crippen molar-refractivity contribution in [3.63, 3.8) is 0 Å². The van der Waals surface area contributed by atoms with E-state index >= 15 is 0 Å². The lowest BCUT2D eigenvalue weighted by Crippen LogP contribution is -2.46. The second-order valence-electron chi connectivity index (χ2n) is 7.86. The molecular formula is C20H23N3O5. The first-order valence-electron chi connectivity index (χ1n) is 9.57. The van der Waals surface area contributed by atoms with Gasteiger partial charge in [0, 0.05) is 11.6 Å².